The maximum atomic E-state index is 8.83. The van der Waals surface area contributed by atoms with E-state index in [0.29, 0.717) is 17.5 Å². The third-order valence-corrected chi connectivity index (χ3v) is 4.40. The monoisotopic (exact) mass is 256 g/mol. The van der Waals surface area contributed by atoms with E-state index >= 15 is 0 Å². The van der Waals surface area contributed by atoms with Crippen molar-refractivity contribution in [2.45, 2.75) is 37.8 Å². The van der Waals surface area contributed by atoms with Gasteiger partial charge in [0.2, 0.25) is 0 Å². The SMILES string of the molecule is N#Cc1ccc(C2CNC3CCCCC3CO2)cc1. The first-order valence-electron chi connectivity index (χ1n) is 7.22. The topological polar surface area (TPSA) is 45.0 Å². The summed E-state index contributed by atoms with van der Waals surface area (Å²) in [6.07, 6.45) is 5.38. The maximum Gasteiger partial charge on any atom is 0.0991 e. The molecular formula is C16H20N2O. The number of fused-ring (bicyclic) bond motifs is 1. The van der Waals surface area contributed by atoms with Gasteiger partial charge in [0.25, 0.3) is 0 Å². The van der Waals surface area contributed by atoms with Crippen LogP contribution in [0.15, 0.2) is 24.3 Å². The molecule has 1 aromatic carbocycles. The van der Waals surface area contributed by atoms with Gasteiger partial charge in [0.1, 0.15) is 0 Å². The summed E-state index contributed by atoms with van der Waals surface area (Å²) in [6, 6.07) is 10.6. The summed E-state index contributed by atoms with van der Waals surface area (Å²) >= 11 is 0. The maximum absolute atomic E-state index is 8.83. The number of nitriles is 1. The number of hydrogen-bond acceptors (Lipinski definition) is 3. The molecule has 1 aliphatic carbocycles. The molecule has 0 spiro atoms. The summed E-state index contributed by atoms with van der Waals surface area (Å²) in [5.41, 5.74) is 1.88. The molecule has 3 nitrogen and oxygen atoms in total. The lowest BCUT2D eigenvalue weighted by molar-refractivity contribution is 0.0401. The van der Waals surface area contributed by atoms with Gasteiger partial charge in [0, 0.05) is 12.6 Å². The summed E-state index contributed by atoms with van der Waals surface area (Å²) in [6.45, 7) is 1.75. The van der Waals surface area contributed by atoms with Gasteiger partial charge in [-0.1, -0.05) is 25.0 Å². The van der Waals surface area contributed by atoms with Crippen molar-refractivity contribution in [3.63, 3.8) is 0 Å². The van der Waals surface area contributed by atoms with Crippen molar-refractivity contribution < 1.29 is 4.74 Å². The second-order valence-corrected chi connectivity index (χ2v) is 5.62. The molecule has 100 valence electrons. The standard InChI is InChI=1S/C16H20N2O/c17-9-12-5-7-13(8-6-12)16-10-18-15-4-2-1-3-14(15)11-19-16/h5-8,14-16,18H,1-4,10-11H2. The van der Waals surface area contributed by atoms with Crippen LogP contribution in [0.2, 0.25) is 0 Å². The van der Waals surface area contributed by atoms with Gasteiger partial charge >= 0.3 is 0 Å². The molecule has 2 fully saturated rings. The predicted octanol–water partition coefficient (Wildman–Crippen LogP) is 2.78. The van der Waals surface area contributed by atoms with Crippen molar-refractivity contribution in [1.29, 1.82) is 5.26 Å². The lowest BCUT2D eigenvalue weighted by Crippen LogP contribution is -2.38. The quantitative estimate of drug-likeness (QED) is 0.840. The van der Waals surface area contributed by atoms with Crippen LogP contribution in [-0.2, 0) is 4.74 Å². The van der Waals surface area contributed by atoms with E-state index in [1.165, 1.54) is 31.2 Å². The highest BCUT2D eigenvalue weighted by Gasteiger charge is 2.29. The van der Waals surface area contributed by atoms with Crippen LogP contribution in [0.1, 0.15) is 42.9 Å². The van der Waals surface area contributed by atoms with Gasteiger partial charge < -0.3 is 10.1 Å². The van der Waals surface area contributed by atoms with Crippen LogP contribution in [0.3, 0.4) is 0 Å². The predicted molar refractivity (Wildman–Crippen MR) is 73.6 cm³/mol. The zero-order valence-corrected chi connectivity index (χ0v) is 11.1. The highest BCUT2D eigenvalue weighted by atomic mass is 16.5. The van der Waals surface area contributed by atoms with E-state index in [9.17, 15) is 0 Å². The highest BCUT2D eigenvalue weighted by molar-refractivity contribution is 5.32. The molecule has 0 bridgehead atoms. The normalized spacial score (nSPS) is 31.0. The molecule has 3 heteroatoms. The summed E-state index contributed by atoms with van der Waals surface area (Å²) in [7, 11) is 0. The average molecular weight is 256 g/mol. The zero-order chi connectivity index (χ0) is 13.1. The van der Waals surface area contributed by atoms with Crippen LogP contribution in [-0.4, -0.2) is 19.2 Å². The molecule has 1 aliphatic heterocycles. The largest absolute Gasteiger partial charge is 0.372 e. The van der Waals surface area contributed by atoms with E-state index in [1.54, 1.807) is 0 Å². The van der Waals surface area contributed by atoms with E-state index in [1.807, 2.05) is 24.3 Å². The molecule has 1 saturated heterocycles. The van der Waals surface area contributed by atoms with Crippen LogP contribution in [0.5, 0.6) is 0 Å². The van der Waals surface area contributed by atoms with E-state index in [-0.39, 0.29) is 6.10 Å². The fourth-order valence-electron chi connectivity index (χ4n) is 3.22. The minimum absolute atomic E-state index is 0.123. The molecule has 1 aromatic rings. The van der Waals surface area contributed by atoms with Crippen LogP contribution >= 0.6 is 0 Å². The van der Waals surface area contributed by atoms with Gasteiger partial charge in [0.05, 0.1) is 24.3 Å². The first kappa shape index (κ1) is 12.7. The number of benzene rings is 1. The Labute approximate surface area is 114 Å². The summed E-state index contributed by atoms with van der Waals surface area (Å²) in [5.74, 6) is 0.678. The van der Waals surface area contributed by atoms with Crippen LogP contribution in [0.25, 0.3) is 0 Å². The number of hydrogen-bond donors (Lipinski definition) is 1. The van der Waals surface area contributed by atoms with Crippen molar-refractivity contribution >= 4 is 0 Å². The van der Waals surface area contributed by atoms with Gasteiger partial charge in [-0.3, -0.25) is 0 Å². The molecule has 3 rings (SSSR count). The molecule has 1 N–H and O–H groups in total. The van der Waals surface area contributed by atoms with Crippen LogP contribution in [0, 0.1) is 17.2 Å². The van der Waals surface area contributed by atoms with E-state index in [4.69, 9.17) is 10.00 Å². The van der Waals surface area contributed by atoms with Crippen LogP contribution in [0.4, 0.5) is 0 Å². The summed E-state index contributed by atoms with van der Waals surface area (Å²) in [5, 5.41) is 12.5. The lowest BCUT2D eigenvalue weighted by atomic mass is 9.85. The molecule has 2 aliphatic rings. The smallest absolute Gasteiger partial charge is 0.0991 e. The van der Waals surface area contributed by atoms with Crippen LogP contribution < -0.4 is 5.32 Å². The number of nitrogens with zero attached hydrogens (tertiary/aromatic N) is 1. The second-order valence-electron chi connectivity index (χ2n) is 5.62. The van der Waals surface area contributed by atoms with Gasteiger partial charge in [-0.25, -0.2) is 0 Å². The molecule has 1 heterocycles. The van der Waals surface area contributed by atoms with Gasteiger partial charge in [-0.2, -0.15) is 5.26 Å². The number of nitrogens with one attached hydrogen (secondary N) is 1. The lowest BCUT2D eigenvalue weighted by Gasteiger charge is -2.29. The third kappa shape index (κ3) is 2.80. The Morgan fingerprint density at radius 2 is 1.95 bits per heavy atom. The van der Waals surface area contributed by atoms with Crippen molar-refractivity contribution in [3.05, 3.63) is 35.4 Å². The molecule has 3 atom stereocenters. The molecular weight excluding hydrogens is 236 g/mol. The molecule has 1 saturated carbocycles. The summed E-state index contributed by atoms with van der Waals surface area (Å²) < 4.78 is 6.09. The van der Waals surface area contributed by atoms with E-state index in [0.717, 1.165) is 13.2 Å². The van der Waals surface area contributed by atoms with Crippen molar-refractivity contribution in [2.24, 2.45) is 5.92 Å². The summed E-state index contributed by atoms with van der Waals surface area (Å²) in [4.78, 5) is 0. The van der Waals surface area contributed by atoms with Gasteiger partial charge in [-0.05, 0) is 36.5 Å². The minimum atomic E-state index is 0.123. The fraction of sp³-hybridized carbons (Fsp3) is 0.562. The number of rotatable bonds is 1. The highest BCUT2D eigenvalue weighted by Crippen LogP contribution is 2.30. The van der Waals surface area contributed by atoms with Gasteiger partial charge in [0.15, 0.2) is 0 Å². The third-order valence-electron chi connectivity index (χ3n) is 4.40. The van der Waals surface area contributed by atoms with E-state index < -0.39 is 0 Å². The zero-order valence-electron chi connectivity index (χ0n) is 11.1. The van der Waals surface area contributed by atoms with Crippen molar-refractivity contribution in [2.75, 3.05) is 13.2 Å². The molecule has 0 aromatic heterocycles. The van der Waals surface area contributed by atoms with E-state index in [2.05, 4.69) is 11.4 Å². The Bertz CT molecular complexity index is 447. The Kier molecular flexibility index (Phi) is 3.82. The minimum Gasteiger partial charge on any atom is -0.372 e. The fourth-order valence-corrected chi connectivity index (χ4v) is 3.22. The average Bonchev–Trinajstić information content (AvgIpc) is 2.70. The van der Waals surface area contributed by atoms with Crippen molar-refractivity contribution in [1.82, 2.24) is 5.32 Å². The Morgan fingerprint density at radius 3 is 2.74 bits per heavy atom. The first-order valence-corrected chi connectivity index (χ1v) is 7.22. The molecule has 3 unspecified atom stereocenters. The first-order chi connectivity index (χ1) is 9.36. The molecule has 0 radical (unpaired) electrons. The van der Waals surface area contributed by atoms with Gasteiger partial charge in [-0.15, -0.1) is 0 Å². The molecule has 0 amide bonds. The Balaban J connectivity index is 1.70. The second kappa shape index (κ2) is 5.73. The number of ether oxygens (including phenoxy) is 1. The Hall–Kier alpha value is -1.37. The van der Waals surface area contributed by atoms with Crippen molar-refractivity contribution in [3.8, 4) is 6.07 Å². The molecule has 19 heavy (non-hydrogen) atoms. The Morgan fingerprint density at radius 1 is 1.16 bits per heavy atom.